The predicted molar refractivity (Wildman–Crippen MR) is 73.5 cm³/mol. The van der Waals surface area contributed by atoms with Gasteiger partial charge >= 0.3 is 6.18 Å². The molecule has 1 aliphatic carbocycles. The van der Waals surface area contributed by atoms with Crippen LogP contribution < -0.4 is 4.74 Å². The first-order valence-electron chi connectivity index (χ1n) is 7.30. The molecule has 0 unspecified atom stereocenters. The Kier molecular flexibility index (Phi) is 5.26. The molecule has 1 aromatic rings. The second kappa shape index (κ2) is 6.96. The van der Waals surface area contributed by atoms with E-state index in [-0.39, 0.29) is 17.9 Å². The van der Waals surface area contributed by atoms with Crippen LogP contribution in [-0.2, 0) is 6.18 Å². The average molecular weight is 300 g/mol. The third-order valence-electron chi connectivity index (χ3n) is 3.95. The van der Waals surface area contributed by atoms with Gasteiger partial charge in [0.15, 0.2) is 0 Å². The van der Waals surface area contributed by atoms with Gasteiger partial charge in [0.1, 0.15) is 12.0 Å². The topological polar surface area (TPSA) is 26.3 Å². The van der Waals surface area contributed by atoms with Crippen molar-refractivity contribution in [2.45, 2.75) is 44.7 Å². The van der Waals surface area contributed by atoms with Crippen LogP contribution >= 0.6 is 0 Å². The van der Waals surface area contributed by atoms with Crippen molar-refractivity contribution in [3.63, 3.8) is 0 Å². The van der Waals surface area contributed by atoms with Crippen molar-refractivity contribution in [3.05, 3.63) is 29.3 Å². The summed E-state index contributed by atoms with van der Waals surface area (Å²) in [7, 11) is 0. The minimum absolute atomic E-state index is 0.00181. The summed E-state index contributed by atoms with van der Waals surface area (Å²) >= 11 is 0. The number of hydrogen-bond donors (Lipinski definition) is 0. The molecule has 0 atom stereocenters. The summed E-state index contributed by atoms with van der Waals surface area (Å²) in [6, 6.07) is 3.41. The first kappa shape index (κ1) is 15.9. The molecule has 0 saturated heterocycles. The Hall–Kier alpha value is -1.52. The molecule has 0 amide bonds. The van der Waals surface area contributed by atoms with Gasteiger partial charge in [-0.3, -0.25) is 4.79 Å². The van der Waals surface area contributed by atoms with E-state index in [4.69, 9.17) is 4.74 Å². The highest BCUT2D eigenvalue weighted by molar-refractivity contribution is 5.75. The van der Waals surface area contributed by atoms with Crippen LogP contribution in [0.3, 0.4) is 0 Å². The number of alkyl halides is 3. The molecule has 1 saturated carbocycles. The summed E-state index contributed by atoms with van der Waals surface area (Å²) in [5, 5.41) is 0. The lowest BCUT2D eigenvalue weighted by atomic mass is 9.87. The van der Waals surface area contributed by atoms with Gasteiger partial charge in [0.05, 0.1) is 12.2 Å². The van der Waals surface area contributed by atoms with Crippen molar-refractivity contribution < 1.29 is 22.7 Å². The summed E-state index contributed by atoms with van der Waals surface area (Å²) < 4.78 is 44.2. The highest BCUT2D eigenvalue weighted by Crippen LogP contribution is 2.37. The number of carbonyl (C=O) groups is 1. The lowest BCUT2D eigenvalue weighted by Gasteiger charge is -2.22. The maximum Gasteiger partial charge on any atom is 0.419 e. The van der Waals surface area contributed by atoms with Crippen molar-refractivity contribution in [2.75, 3.05) is 6.61 Å². The fraction of sp³-hybridized carbons (Fsp3) is 0.562. The van der Waals surface area contributed by atoms with E-state index in [1.807, 2.05) is 0 Å². The second-order valence-electron chi connectivity index (χ2n) is 5.51. The van der Waals surface area contributed by atoms with Gasteiger partial charge in [-0.1, -0.05) is 32.1 Å². The van der Waals surface area contributed by atoms with Crippen molar-refractivity contribution in [1.29, 1.82) is 0 Å². The average Bonchev–Trinajstić information content (AvgIpc) is 2.47. The van der Waals surface area contributed by atoms with E-state index in [1.54, 1.807) is 0 Å². The molecule has 21 heavy (non-hydrogen) atoms. The second-order valence-corrected chi connectivity index (χ2v) is 5.51. The van der Waals surface area contributed by atoms with Gasteiger partial charge in [-0.25, -0.2) is 0 Å². The highest BCUT2D eigenvalue weighted by atomic mass is 19.4. The Morgan fingerprint density at radius 2 is 1.90 bits per heavy atom. The van der Waals surface area contributed by atoms with Crippen molar-refractivity contribution in [1.82, 2.24) is 0 Å². The Balaban J connectivity index is 1.99. The molecule has 2 rings (SSSR count). The van der Waals surface area contributed by atoms with E-state index < -0.39 is 11.7 Å². The Labute approximate surface area is 122 Å². The monoisotopic (exact) mass is 300 g/mol. The lowest BCUT2D eigenvalue weighted by Crippen LogP contribution is -2.13. The van der Waals surface area contributed by atoms with Crippen LogP contribution in [0.15, 0.2) is 18.2 Å². The summed E-state index contributed by atoms with van der Waals surface area (Å²) in [5.74, 6) is 0.367. The molecular weight excluding hydrogens is 281 g/mol. The summed E-state index contributed by atoms with van der Waals surface area (Å²) in [5.41, 5.74) is -0.877. The molecule has 0 bridgehead atoms. The molecule has 5 heteroatoms. The molecule has 0 spiro atoms. The van der Waals surface area contributed by atoms with Gasteiger partial charge in [0, 0.05) is 5.56 Å². The summed E-state index contributed by atoms with van der Waals surface area (Å²) in [6.45, 7) is 0.286. The first-order valence-corrected chi connectivity index (χ1v) is 7.30. The smallest absolute Gasteiger partial charge is 0.419 e. The van der Waals surface area contributed by atoms with Gasteiger partial charge in [0.2, 0.25) is 0 Å². The highest BCUT2D eigenvalue weighted by Gasteiger charge is 2.34. The Morgan fingerprint density at radius 3 is 2.52 bits per heavy atom. The minimum atomic E-state index is -4.51. The van der Waals surface area contributed by atoms with E-state index in [0.717, 1.165) is 25.3 Å². The van der Waals surface area contributed by atoms with Gasteiger partial charge < -0.3 is 4.74 Å². The molecule has 116 valence electrons. The number of hydrogen-bond acceptors (Lipinski definition) is 2. The summed E-state index contributed by atoms with van der Waals surface area (Å²) in [4.78, 5) is 10.6. The number of aldehydes is 1. The zero-order valence-electron chi connectivity index (χ0n) is 11.8. The molecular formula is C16H19F3O2. The molecule has 0 heterocycles. The fourth-order valence-electron chi connectivity index (χ4n) is 2.78. The van der Waals surface area contributed by atoms with Crippen LogP contribution in [0, 0.1) is 5.92 Å². The lowest BCUT2D eigenvalue weighted by molar-refractivity contribution is -0.139. The number of halogens is 3. The third kappa shape index (κ3) is 4.48. The van der Waals surface area contributed by atoms with E-state index in [9.17, 15) is 18.0 Å². The van der Waals surface area contributed by atoms with Crippen molar-refractivity contribution in [2.24, 2.45) is 5.92 Å². The van der Waals surface area contributed by atoms with E-state index in [0.29, 0.717) is 12.2 Å². The molecule has 1 fully saturated rings. The molecule has 0 N–H and O–H groups in total. The number of carbonyl (C=O) groups excluding carboxylic acids is 1. The van der Waals surface area contributed by atoms with Gasteiger partial charge in [-0.05, 0) is 30.5 Å². The molecule has 2 nitrogen and oxygen atoms in total. The van der Waals surface area contributed by atoms with Crippen LogP contribution in [0.1, 0.15) is 54.4 Å². The minimum Gasteiger partial charge on any atom is -0.493 e. The maximum absolute atomic E-state index is 13.0. The van der Waals surface area contributed by atoms with Crippen LogP contribution in [-0.4, -0.2) is 12.9 Å². The van der Waals surface area contributed by atoms with E-state index in [1.165, 1.54) is 31.4 Å². The fourth-order valence-corrected chi connectivity index (χ4v) is 2.78. The van der Waals surface area contributed by atoms with Crippen molar-refractivity contribution >= 4 is 6.29 Å². The zero-order valence-corrected chi connectivity index (χ0v) is 11.8. The maximum atomic E-state index is 13.0. The first-order chi connectivity index (χ1) is 10.0. The Morgan fingerprint density at radius 1 is 1.19 bits per heavy atom. The van der Waals surface area contributed by atoms with Crippen LogP contribution in [0.5, 0.6) is 5.75 Å². The van der Waals surface area contributed by atoms with Crippen LogP contribution in [0.4, 0.5) is 13.2 Å². The quantitative estimate of drug-likeness (QED) is 0.725. The normalized spacial score (nSPS) is 16.7. The van der Waals surface area contributed by atoms with Gasteiger partial charge in [-0.2, -0.15) is 13.2 Å². The molecule has 1 aromatic carbocycles. The van der Waals surface area contributed by atoms with Gasteiger partial charge in [0.25, 0.3) is 0 Å². The molecule has 0 aromatic heterocycles. The van der Waals surface area contributed by atoms with Crippen LogP contribution in [0.25, 0.3) is 0 Å². The Bertz CT molecular complexity index is 477. The standard InChI is InChI=1S/C16H19F3O2/c17-16(18,19)14-10-13(11-20)6-7-15(14)21-9-8-12-4-2-1-3-5-12/h6-7,10-12H,1-5,8-9H2. The summed E-state index contributed by atoms with van der Waals surface area (Å²) in [6.07, 6.45) is 2.60. The molecule has 0 radical (unpaired) electrons. The number of benzene rings is 1. The molecule has 1 aliphatic rings. The SMILES string of the molecule is O=Cc1ccc(OCCC2CCCCC2)c(C(F)(F)F)c1. The number of rotatable bonds is 5. The predicted octanol–water partition coefficient (Wildman–Crippen LogP) is 4.87. The van der Waals surface area contributed by atoms with E-state index >= 15 is 0 Å². The zero-order chi connectivity index (χ0) is 15.3. The van der Waals surface area contributed by atoms with Crippen molar-refractivity contribution in [3.8, 4) is 5.75 Å². The van der Waals surface area contributed by atoms with Crippen LogP contribution in [0.2, 0.25) is 0 Å². The molecule has 0 aliphatic heterocycles. The largest absolute Gasteiger partial charge is 0.493 e. The van der Waals surface area contributed by atoms with Gasteiger partial charge in [-0.15, -0.1) is 0 Å². The van der Waals surface area contributed by atoms with E-state index in [2.05, 4.69) is 0 Å². The number of ether oxygens (including phenoxy) is 1. The third-order valence-corrected chi connectivity index (χ3v) is 3.95.